The number of thioether (sulfide) groups is 1. The topological polar surface area (TPSA) is 70.6 Å². The SMILES string of the molecule is NC(CCCNCC1CCSCC1)=NO. The lowest BCUT2D eigenvalue weighted by molar-refractivity contribution is 0.316. The first-order chi connectivity index (χ1) is 7.33. The van der Waals surface area contributed by atoms with Crippen LogP contribution in [0.15, 0.2) is 5.16 Å². The molecule has 1 rings (SSSR count). The van der Waals surface area contributed by atoms with Gasteiger partial charge in [0.1, 0.15) is 5.84 Å². The third-order valence-corrected chi connectivity index (χ3v) is 3.74. The third kappa shape index (κ3) is 5.89. The van der Waals surface area contributed by atoms with Crippen LogP contribution in [0, 0.1) is 5.92 Å². The van der Waals surface area contributed by atoms with E-state index in [4.69, 9.17) is 10.9 Å². The Morgan fingerprint density at radius 2 is 2.20 bits per heavy atom. The number of amidine groups is 1. The van der Waals surface area contributed by atoms with E-state index in [-0.39, 0.29) is 0 Å². The summed E-state index contributed by atoms with van der Waals surface area (Å²) in [6.07, 6.45) is 4.30. The van der Waals surface area contributed by atoms with Crippen molar-refractivity contribution in [1.29, 1.82) is 0 Å². The second-order valence-corrected chi connectivity index (χ2v) is 5.18. The largest absolute Gasteiger partial charge is 0.409 e. The molecule has 0 amide bonds. The van der Waals surface area contributed by atoms with Crippen LogP contribution in [-0.4, -0.2) is 35.6 Å². The fourth-order valence-electron chi connectivity index (χ4n) is 1.70. The lowest BCUT2D eigenvalue weighted by Gasteiger charge is -2.21. The van der Waals surface area contributed by atoms with Crippen molar-refractivity contribution in [2.24, 2.45) is 16.8 Å². The molecule has 0 aliphatic carbocycles. The number of hydrogen-bond acceptors (Lipinski definition) is 4. The van der Waals surface area contributed by atoms with Crippen molar-refractivity contribution in [2.75, 3.05) is 24.6 Å². The monoisotopic (exact) mass is 231 g/mol. The van der Waals surface area contributed by atoms with Gasteiger partial charge in [0.05, 0.1) is 0 Å². The Hall–Kier alpha value is -0.420. The van der Waals surface area contributed by atoms with E-state index in [2.05, 4.69) is 22.2 Å². The van der Waals surface area contributed by atoms with Gasteiger partial charge in [0.25, 0.3) is 0 Å². The van der Waals surface area contributed by atoms with Crippen molar-refractivity contribution < 1.29 is 5.21 Å². The van der Waals surface area contributed by atoms with Gasteiger partial charge in [-0.15, -0.1) is 0 Å². The molecule has 0 aromatic rings. The number of oxime groups is 1. The number of rotatable bonds is 6. The van der Waals surface area contributed by atoms with Gasteiger partial charge in [-0.05, 0) is 49.8 Å². The van der Waals surface area contributed by atoms with E-state index in [1.54, 1.807) is 0 Å². The molecule has 0 atom stereocenters. The van der Waals surface area contributed by atoms with Crippen LogP contribution >= 0.6 is 11.8 Å². The molecule has 0 aromatic heterocycles. The maximum Gasteiger partial charge on any atom is 0.139 e. The van der Waals surface area contributed by atoms with Gasteiger partial charge < -0.3 is 16.3 Å². The van der Waals surface area contributed by atoms with Crippen LogP contribution in [-0.2, 0) is 0 Å². The number of nitrogens with two attached hydrogens (primary N) is 1. The standard InChI is InChI=1S/C10H21N3OS/c11-10(13-14)2-1-5-12-8-9-3-6-15-7-4-9/h9,12,14H,1-8H2,(H2,11,13). The molecule has 1 saturated heterocycles. The third-order valence-electron chi connectivity index (χ3n) is 2.69. The van der Waals surface area contributed by atoms with Crippen LogP contribution in [0.5, 0.6) is 0 Å². The minimum atomic E-state index is 0.325. The summed E-state index contributed by atoms with van der Waals surface area (Å²) >= 11 is 2.06. The highest BCUT2D eigenvalue weighted by molar-refractivity contribution is 7.99. The molecule has 5 heteroatoms. The van der Waals surface area contributed by atoms with Crippen LogP contribution in [0.25, 0.3) is 0 Å². The van der Waals surface area contributed by atoms with Gasteiger partial charge in [-0.2, -0.15) is 11.8 Å². The molecule has 1 fully saturated rings. The average Bonchev–Trinajstić information content (AvgIpc) is 2.29. The average molecular weight is 231 g/mol. The summed E-state index contributed by atoms with van der Waals surface area (Å²) < 4.78 is 0. The summed E-state index contributed by atoms with van der Waals surface area (Å²) in [7, 11) is 0. The molecule has 0 spiro atoms. The van der Waals surface area contributed by atoms with Crippen molar-refractivity contribution in [3.63, 3.8) is 0 Å². The Morgan fingerprint density at radius 3 is 2.87 bits per heavy atom. The Kier molecular flexibility index (Phi) is 6.59. The molecule has 4 N–H and O–H groups in total. The van der Waals surface area contributed by atoms with Crippen molar-refractivity contribution in [2.45, 2.75) is 25.7 Å². The van der Waals surface area contributed by atoms with E-state index in [1.165, 1.54) is 24.3 Å². The highest BCUT2D eigenvalue weighted by atomic mass is 32.2. The number of hydrogen-bond donors (Lipinski definition) is 3. The summed E-state index contributed by atoms with van der Waals surface area (Å²) in [5, 5.41) is 14.7. The molecular formula is C10H21N3OS. The van der Waals surface area contributed by atoms with Crippen LogP contribution in [0.2, 0.25) is 0 Å². The van der Waals surface area contributed by atoms with Crippen molar-refractivity contribution in [3.05, 3.63) is 0 Å². The Bertz CT molecular complexity index is 193. The Balaban J connectivity index is 1.92. The molecule has 4 nitrogen and oxygen atoms in total. The number of nitrogens with zero attached hydrogens (tertiary/aromatic N) is 1. The molecule has 0 radical (unpaired) electrons. The van der Waals surface area contributed by atoms with Gasteiger partial charge in [-0.1, -0.05) is 5.16 Å². The fraction of sp³-hybridized carbons (Fsp3) is 0.900. The zero-order chi connectivity index (χ0) is 10.9. The van der Waals surface area contributed by atoms with E-state index < -0.39 is 0 Å². The molecule has 1 aliphatic rings. The van der Waals surface area contributed by atoms with Crippen LogP contribution in [0.4, 0.5) is 0 Å². The fourth-order valence-corrected chi connectivity index (χ4v) is 2.91. The first kappa shape index (κ1) is 12.6. The molecule has 88 valence electrons. The van der Waals surface area contributed by atoms with E-state index in [9.17, 15) is 0 Å². The molecule has 0 aromatic carbocycles. The minimum Gasteiger partial charge on any atom is -0.409 e. The second-order valence-electron chi connectivity index (χ2n) is 3.95. The van der Waals surface area contributed by atoms with Crippen molar-refractivity contribution in [3.8, 4) is 0 Å². The zero-order valence-electron chi connectivity index (χ0n) is 9.11. The van der Waals surface area contributed by atoms with E-state index in [0.29, 0.717) is 12.3 Å². The lowest BCUT2D eigenvalue weighted by atomic mass is 10.0. The summed E-state index contributed by atoms with van der Waals surface area (Å²) in [4.78, 5) is 0. The first-order valence-corrected chi connectivity index (χ1v) is 6.73. The highest BCUT2D eigenvalue weighted by Gasteiger charge is 2.12. The molecule has 1 heterocycles. The Labute approximate surface area is 95.7 Å². The van der Waals surface area contributed by atoms with Gasteiger partial charge in [0, 0.05) is 6.42 Å². The predicted molar refractivity (Wildman–Crippen MR) is 65.6 cm³/mol. The minimum absolute atomic E-state index is 0.325. The highest BCUT2D eigenvalue weighted by Crippen LogP contribution is 2.21. The smallest absolute Gasteiger partial charge is 0.139 e. The van der Waals surface area contributed by atoms with Gasteiger partial charge in [0.15, 0.2) is 0 Å². The van der Waals surface area contributed by atoms with Gasteiger partial charge in [-0.3, -0.25) is 0 Å². The summed E-state index contributed by atoms with van der Waals surface area (Å²) in [6, 6.07) is 0. The van der Waals surface area contributed by atoms with Gasteiger partial charge in [-0.25, -0.2) is 0 Å². The van der Waals surface area contributed by atoms with Crippen molar-refractivity contribution in [1.82, 2.24) is 5.32 Å². The van der Waals surface area contributed by atoms with Crippen LogP contribution in [0.3, 0.4) is 0 Å². The maximum atomic E-state index is 8.34. The molecular weight excluding hydrogens is 210 g/mol. The van der Waals surface area contributed by atoms with E-state index in [1.807, 2.05) is 0 Å². The molecule has 1 aliphatic heterocycles. The molecule has 0 bridgehead atoms. The van der Waals surface area contributed by atoms with Gasteiger partial charge >= 0.3 is 0 Å². The van der Waals surface area contributed by atoms with Gasteiger partial charge in [0.2, 0.25) is 0 Å². The summed E-state index contributed by atoms with van der Waals surface area (Å²) in [6.45, 7) is 2.08. The normalized spacial score (nSPS) is 19.3. The zero-order valence-corrected chi connectivity index (χ0v) is 9.93. The van der Waals surface area contributed by atoms with Crippen LogP contribution < -0.4 is 11.1 Å². The quantitative estimate of drug-likeness (QED) is 0.211. The van der Waals surface area contributed by atoms with E-state index in [0.717, 1.165) is 25.4 Å². The van der Waals surface area contributed by atoms with E-state index >= 15 is 0 Å². The molecule has 15 heavy (non-hydrogen) atoms. The van der Waals surface area contributed by atoms with Crippen LogP contribution in [0.1, 0.15) is 25.7 Å². The summed E-state index contributed by atoms with van der Waals surface area (Å²) in [5.41, 5.74) is 5.37. The second kappa shape index (κ2) is 7.82. The van der Waals surface area contributed by atoms with Crippen molar-refractivity contribution >= 4 is 17.6 Å². The molecule has 0 saturated carbocycles. The Morgan fingerprint density at radius 1 is 1.47 bits per heavy atom. The molecule has 0 unspecified atom stereocenters. The number of nitrogens with one attached hydrogen (secondary N) is 1. The maximum absolute atomic E-state index is 8.34. The summed E-state index contributed by atoms with van der Waals surface area (Å²) in [5.74, 6) is 3.81. The lowest BCUT2D eigenvalue weighted by Crippen LogP contribution is -2.27. The predicted octanol–water partition coefficient (Wildman–Crippen LogP) is 1.25. The first-order valence-electron chi connectivity index (χ1n) is 5.58.